The maximum atomic E-state index is 11.9. The van der Waals surface area contributed by atoms with Gasteiger partial charge in [0.1, 0.15) is 0 Å². The van der Waals surface area contributed by atoms with Gasteiger partial charge in [0.05, 0.1) is 23.7 Å². The van der Waals surface area contributed by atoms with Crippen LogP contribution in [-0.4, -0.2) is 30.9 Å². The average molecular weight is 294 g/mol. The lowest BCUT2D eigenvalue weighted by molar-refractivity contribution is -0.148. The molecule has 4 nitrogen and oxygen atoms in total. The van der Waals surface area contributed by atoms with Gasteiger partial charge in [0.15, 0.2) is 0 Å². The molecule has 0 aromatic rings. The molecule has 0 aromatic carbocycles. The second-order valence-electron chi connectivity index (χ2n) is 7.01. The molecule has 1 fully saturated rings. The number of carbonyl (C=O) groups excluding carboxylic acids is 1. The van der Waals surface area contributed by atoms with Crippen LogP contribution in [0.25, 0.3) is 0 Å². The molecule has 1 heterocycles. The van der Waals surface area contributed by atoms with E-state index in [9.17, 15) is 4.79 Å². The van der Waals surface area contributed by atoms with E-state index < -0.39 is 0 Å². The van der Waals surface area contributed by atoms with Crippen molar-refractivity contribution >= 4 is 13.1 Å². The van der Waals surface area contributed by atoms with E-state index >= 15 is 0 Å². The van der Waals surface area contributed by atoms with Crippen LogP contribution < -0.4 is 0 Å². The first-order valence-electron chi connectivity index (χ1n) is 7.98. The largest absolute Gasteiger partial charge is 0.490 e. The molecule has 1 saturated heterocycles. The second kappa shape index (κ2) is 6.13. The summed E-state index contributed by atoms with van der Waals surface area (Å²) in [6, 6.07) is 0. The Bertz CT molecular complexity index is 412. The topological polar surface area (TPSA) is 44.8 Å². The lowest BCUT2D eigenvalue weighted by Crippen LogP contribution is -2.41. The van der Waals surface area contributed by atoms with Crippen LogP contribution in [0.2, 0.25) is 0 Å². The minimum Gasteiger partial charge on any atom is -0.465 e. The molecule has 21 heavy (non-hydrogen) atoms. The van der Waals surface area contributed by atoms with Gasteiger partial charge in [-0.2, -0.15) is 0 Å². The van der Waals surface area contributed by atoms with Gasteiger partial charge in [-0.05, 0) is 58.9 Å². The number of hydrogen-bond acceptors (Lipinski definition) is 4. The van der Waals surface area contributed by atoms with Crippen molar-refractivity contribution < 1.29 is 18.8 Å². The highest BCUT2D eigenvalue weighted by Crippen LogP contribution is 2.40. The zero-order chi connectivity index (χ0) is 15.7. The normalized spacial score (nSPS) is 27.4. The first-order valence-corrected chi connectivity index (χ1v) is 7.98. The average Bonchev–Trinajstić information content (AvgIpc) is 2.65. The van der Waals surface area contributed by atoms with Crippen molar-refractivity contribution in [3.05, 3.63) is 11.5 Å². The molecule has 2 aliphatic rings. The summed E-state index contributed by atoms with van der Waals surface area (Å²) >= 11 is 0. The van der Waals surface area contributed by atoms with Crippen molar-refractivity contribution in [1.29, 1.82) is 0 Å². The van der Waals surface area contributed by atoms with E-state index in [1.807, 2.05) is 6.92 Å². The van der Waals surface area contributed by atoms with Crippen molar-refractivity contribution in [2.45, 2.75) is 71.5 Å². The summed E-state index contributed by atoms with van der Waals surface area (Å²) < 4.78 is 17.3. The van der Waals surface area contributed by atoms with Gasteiger partial charge in [-0.1, -0.05) is 13.0 Å². The van der Waals surface area contributed by atoms with Gasteiger partial charge in [-0.15, -0.1) is 0 Å². The first-order chi connectivity index (χ1) is 9.77. The van der Waals surface area contributed by atoms with Gasteiger partial charge >= 0.3 is 13.1 Å². The summed E-state index contributed by atoms with van der Waals surface area (Å²) in [5.41, 5.74) is 0.540. The summed E-state index contributed by atoms with van der Waals surface area (Å²) in [4.78, 5) is 11.9. The van der Waals surface area contributed by atoms with E-state index in [0.29, 0.717) is 6.61 Å². The van der Waals surface area contributed by atoms with Gasteiger partial charge in [0, 0.05) is 0 Å². The molecule has 0 aromatic heterocycles. The third-order valence-electron chi connectivity index (χ3n) is 4.78. The SMILES string of the molecule is CCCOC(=O)C1CC=C(B2OC(C)(C)C(C)(C)O2)CC1. The number of hydrogen-bond donors (Lipinski definition) is 0. The molecular weight excluding hydrogens is 267 g/mol. The lowest BCUT2D eigenvalue weighted by atomic mass is 9.70. The van der Waals surface area contributed by atoms with E-state index in [4.69, 9.17) is 14.0 Å². The van der Waals surface area contributed by atoms with Crippen molar-refractivity contribution in [2.24, 2.45) is 5.92 Å². The Hall–Kier alpha value is -0.805. The second-order valence-corrected chi connectivity index (χ2v) is 7.01. The molecule has 1 aliphatic carbocycles. The minimum atomic E-state index is -0.310. The van der Waals surface area contributed by atoms with Gasteiger partial charge in [-0.25, -0.2) is 0 Å². The number of carbonyl (C=O) groups is 1. The van der Waals surface area contributed by atoms with Crippen molar-refractivity contribution in [1.82, 2.24) is 0 Å². The Morgan fingerprint density at radius 3 is 2.43 bits per heavy atom. The summed E-state index contributed by atoms with van der Waals surface area (Å²) in [6.45, 7) is 10.7. The van der Waals surface area contributed by atoms with Crippen LogP contribution in [0.4, 0.5) is 0 Å². The van der Waals surface area contributed by atoms with Crippen LogP contribution in [0.5, 0.6) is 0 Å². The Balaban J connectivity index is 1.94. The fourth-order valence-electron chi connectivity index (χ4n) is 2.60. The third-order valence-corrected chi connectivity index (χ3v) is 4.78. The van der Waals surface area contributed by atoms with Crippen molar-refractivity contribution in [3.8, 4) is 0 Å². The molecule has 0 spiro atoms. The summed E-state index contributed by atoms with van der Waals surface area (Å²) in [5, 5.41) is 0. The van der Waals surface area contributed by atoms with Crippen LogP contribution in [0.3, 0.4) is 0 Å². The minimum absolute atomic E-state index is 0.0114. The van der Waals surface area contributed by atoms with Gasteiger partial charge in [0.25, 0.3) is 0 Å². The van der Waals surface area contributed by atoms with Crippen LogP contribution in [0, 0.1) is 5.92 Å². The molecule has 0 radical (unpaired) electrons. The summed E-state index contributed by atoms with van der Waals surface area (Å²) in [7, 11) is -0.275. The molecule has 2 rings (SSSR count). The predicted molar refractivity (Wildman–Crippen MR) is 82.8 cm³/mol. The zero-order valence-corrected chi connectivity index (χ0v) is 13.9. The zero-order valence-electron chi connectivity index (χ0n) is 13.9. The van der Waals surface area contributed by atoms with E-state index in [1.165, 1.54) is 0 Å². The highest BCUT2D eigenvalue weighted by Gasteiger charge is 2.52. The Kier molecular flexibility index (Phi) is 4.84. The number of allylic oxidation sites excluding steroid dienone is 2. The van der Waals surface area contributed by atoms with Gasteiger partial charge in [0.2, 0.25) is 0 Å². The molecule has 1 unspecified atom stereocenters. The maximum absolute atomic E-state index is 11.9. The Morgan fingerprint density at radius 1 is 1.33 bits per heavy atom. The van der Waals surface area contributed by atoms with E-state index in [0.717, 1.165) is 31.2 Å². The number of rotatable bonds is 4. The summed E-state index contributed by atoms with van der Waals surface area (Å²) in [6.07, 6.45) is 5.35. The quantitative estimate of drug-likeness (QED) is 0.589. The third kappa shape index (κ3) is 3.51. The fourth-order valence-corrected chi connectivity index (χ4v) is 2.60. The van der Waals surface area contributed by atoms with E-state index in [1.54, 1.807) is 0 Å². The summed E-state index contributed by atoms with van der Waals surface area (Å²) in [5.74, 6) is -0.0798. The molecule has 5 heteroatoms. The Labute approximate surface area is 128 Å². The lowest BCUT2D eigenvalue weighted by Gasteiger charge is -2.32. The van der Waals surface area contributed by atoms with Crippen LogP contribution in [0.1, 0.15) is 60.3 Å². The predicted octanol–water partition coefficient (Wildman–Crippen LogP) is 3.30. The smallest absolute Gasteiger partial charge is 0.465 e. The van der Waals surface area contributed by atoms with Gasteiger partial charge < -0.3 is 14.0 Å². The highest BCUT2D eigenvalue weighted by molar-refractivity contribution is 6.54. The molecule has 0 bridgehead atoms. The first kappa shape index (κ1) is 16.6. The monoisotopic (exact) mass is 294 g/mol. The van der Waals surface area contributed by atoms with Crippen LogP contribution >= 0.6 is 0 Å². The molecular formula is C16H27BO4. The van der Waals surface area contributed by atoms with Crippen molar-refractivity contribution in [2.75, 3.05) is 6.61 Å². The fraction of sp³-hybridized carbons (Fsp3) is 0.812. The maximum Gasteiger partial charge on any atom is 0.490 e. The van der Waals surface area contributed by atoms with Gasteiger partial charge in [-0.3, -0.25) is 4.79 Å². The van der Waals surface area contributed by atoms with Crippen molar-refractivity contribution in [3.63, 3.8) is 0 Å². The Morgan fingerprint density at radius 2 is 1.95 bits per heavy atom. The molecule has 1 atom stereocenters. The van der Waals surface area contributed by atoms with E-state index in [-0.39, 0.29) is 30.2 Å². The molecule has 0 saturated carbocycles. The van der Waals surface area contributed by atoms with Crippen LogP contribution in [-0.2, 0) is 18.8 Å². The van der Waals surface area contributed by atoms with Crippen LogP contribution in [0.15, 0.2) is 11.5 Å². The number of esters is 1. The molecule has 1 aliphatic heterocycles. The standard InChI is InChI=1S/C16H27BO4/c1-6-11-19-14(18)12-7-9-13(10-8-12)17-20-15(2,3)16(4,5)21-17/h9,12H,6-8,10-11H2,1-5H3. The van der Waals surface area contributed by atoms with E-state index in [2.05, 4.69) is 33.8 Å². The number of ether oxygens (including phenoxy) is 1. The highest BCUT2D eigenvalue weighted by atomic mass is 16.7. The molecule has 0 amide bonds. The molecule has 0 N–H and O–H groups in total. The molecule has 118 valence electrons.